The molecule has 0 fully saturated rings. The maximum absolute atomic E-state index is 12.6. The zero-order chi connectivity index (χ0) is 20.1. The van der Waals surface area contributed by atoms with Gasteiger partial charge in [0.15, 0.2) is 5.78 Å². The number of rotatable bonds is 6. The summed E-state index contributed by atoms with van der Waals surface area (Å²) < 4.78 is 1.36. The second kappa shape index (κ2) is 8.43. The summed E-state index contributed by atoms with van der Waals surface area (Å²) in [5, 5.41) is 2.74. The fourth-order valence-corrected chi connectivity index (χ4v) is 2.86. The number of hydrogen-bond donors (Lipinski definition) is 1. The van der Waals surface area contributed by atoms with Crippen molar-refractivity contribution in [1.29, 1.82) is 0 Å². The summed E-state index contributed by atoms with van der Waals surface area (Å²) in [6.07, 6.45) is 0.625. The average Bonchev–Trinajstić information content (AvgIpc) is 2.70. The molecule has 1 heterocycles. The van der Waals surface area contributed by atoms with Crippen LogP contribution in [0.4, 0.5) is 5.69 Å². The standard InChI is InChI=1S/C22H21N3O3/c1-3-18-13-21(28)25(22(24-18)16-8-5-4-6-9-16)14-20(27)23-19-11-7-10-17(12-19)15(2)26/h4-13H,3,14H2,1-2H3,(H,23,27). The van der Waals surface area contributed by atoms with Crippen LogP contribution in [0.5, 0.6) is 0 Å². The molecular formula is C22H21N3O3. The molecule has 3 rings (SSSR count). The first-order valence-corrected chi connectivity index (χ1v) is 9.05. The van der Waals surface area contributed by atoms with E-state index in [0.29, 0.717) is 29.2 Å². The first-order chi connectivity index (χ1) is 13.5. The van der Waals surface area contributed by atoms with Crippen molar-refractivity contribution in [3.05, 3.63) is 82.3 Å². The van der Waals surface area contributed by atoms with Crippen molar-refractivity contribution < 1.29 is 9.59 Å². The molecule has 1 aromatic heterocycles. The van der Waals surface area contributed by atoms with Gasteiger partial charge in [-0.15, -0.1) is 0 Å². The van der Waals surface area contributed by atoms with E-state index in [2.05, 4.69) is 10.3 Å². The molecule has 3 aromatic rings. The largest absolute Gasteiger partial charge is 0.325 e. The van der Waals surface area contributed by atoms with E-state index in [1.807, 2.05) is 37.3 Å². The van der Waals surface area contributed by atoms with Crippen LogP contribution in [-0.2, 0) is 17.8 Å². The second-order valence-corrected chi connectivity index (χ2v) is 6.40. The monoisotopic (exact) mass is 375 g/mol. The van der Waals surface area contributed by atoms with E-state index in [-0.39, 0.29) is 23.8 Å². The Hall–Kier alpha value is -3.54. The Bertz CT molecular complexity index is 1070. The van der Waals surface area contributed by atoms with Crippen molar-refractivity contribution in [3.63, 3.8) is 0 Å². The Morgan fingerprint density at radius 3 is 2.46 bits per heavy atom. The third-order valence-electron chi connectivity index (χ3n) is 4.31. The molecule has 0 unspecified atom stereocenters. The van der Waals surface area contributed by atoms with Crippen LogP contribution in [0, 0.1) is 0 Å². The number of carbonyl (C=O) groups is 2. The highest BCUT2D eigenvalue weighted by Gasteiger charge is 2.14. The van der Waals surface area contributed by atoms with Crippen LogP contribution in [0.2, 0.25) is 0 Å². The number of nitrogens with zero attached hydrogens (tertiary/aromatic N) is 2. The van der Waals surface area contributed by atoms with Gasteiger partial charge in [0.2, 0.25) is 5.91 Å². The number of aryl methyl sites for hydroxylation is 1. The van der Waals surface area contributed by atoms with Crippen molar-refractivity contribution in [2.24, 2.45) is 0 Å². The van der Waals surface area contributed by atoms with Gasteiger partial charge in [0.1, 0.15) is 12.4 Å². The van der Waals surface area contributed by atoms with Crippen LogP contribution in [0.25, 0.3) is 11.4 Å². The van der Waals surface area contributed by atoms with Crippen LogP contribution in [0.3, 0.4) is 0 Å². The molecule has 0 aliphatic carbocycles. The Morgan fingerprint density at radius 1 is 1.04 bits per heavy atom. The topological polar surface area (TPSA) is 81.1 Å². The van der Waals surface area contributed by atoms with Gasteiger partial charge in [-0.1, -0.05) is 49.4 Å². The molecule has 0 bridgehead atoms. The summed E-state index contributed by atoms with van der Waals surface area (Å²) in [4.78, 5) is 41.3. The predicted octanol–water partition coefficient (Wildman–Crippen LogP) is 3.31. The van der Waals surface area contributed by atoms with Crippen LogP contribution in [0.15, 0.2) is 65.5 Å². The molecule has 0 saturated carbocycles. The number of amides is 1. The van der Waals surface area contributed by atoms with Crippen molar-refractivity contribution in [1.82, 2.24) is 9.55 Å². The normalized spacial score (nSPS) is 10.5. The molecule has 0 aliphatic heterocycles. The van der Waals surface area contributed by atoms with E-state index >= 15 is 0 Å². The lowest BCUT2D eigenvalue weighted by atomic mass is 10.1. The number of Topliss-reactive ketones (excluding diaryl/α,β-unsaturated/α-hetero) is 1. The zero-order valence-corrected chi connectivity index (χ0v) is 15.8. The van der Waals surface area contributed by atoms with Gasteiger partial charge >= 0.3 is 0 Å². The molecule has 0 saturated heterocycles. The molecule has 142 valence electrons. The quantitative estimate of drug-likeness (QED) is 0.670. The summed E-state index contributed by atoms with van der Waals surface area (Å²) in [7, 11) is 0. The SMILES string of the molecule is CCc1cc(=O)n(CC(=O)Nc2cccc(C(C)=O)c2)c(-c2ccccc2)n1. The summed E-state index contributed by atoms with van der Waals surface area (Å²) in [5.41, 5.74) is 2.17. The number of benzene rings is 2. The Balaban J connectivity index is 1.91. The van der Waals surface area contributed by atoms with E-state index in [0.717, 1.165) is 5.56 Å². The summed E-state index contributed by atoms with van der Waals surface area (Å²) >= 11 is 0. The van der Waals surface area contributed by atoms with Crippen molar-refractivity contribution in [2.75, 3.05) is 5.32 Å². The number of carbonyl (C=O) groups excluding carboxylic acids is 2. The van der Waals surface area contributed by atoms with Gasteiger partial charge in [-0.3, -0.25) is 19.0 Å². The number of anilines is 1. The van der Waals surface area contributed by atoms with Gasteiger partial charge in [-0.05, 0) is 25.5 Å². The van der Waals surface area contributed by atoms with Gasteiger partial charge in [0, 0.05) is 28.6 Å². The fraction of sp³-hybridized carbons (Fsp3) is 0.182. The molecule has 1 amide bonds. The third kappa shape index (κ3) is 4.40. The number of nitrogens with one attached hydrogen (secondary N) is 1. The van der Waals surface area contributed by atoms with Crippen LogP contribution >= 0.6 is 0 Å². The molecule has 28 heavy (non-hydrogen) atoms. The van der Waals surface area contributed by atoms with Gasteiger partial charge in [-0.25, -0.2) is 4.98 Å². The lowest BCUT2D eigenvalue weighted by molar-refractivity contribution is -0.116. The van der Waals surface area contributed by atoms with Gasteiger partial charge < -0.3 is 5.32 Å². The Kier molecular flexibility index (Phi) is 5.79. The van der Waals surface area contributed by atoms with Gasteiger partial charge in [-0.2, -0.15) is 0 Å². The van der Waals surface area contributed by atoms with Crippen LogP contribution < -0.4 is 10.9 Å². The maximum Gasteiger partial charge on any atom is 0.254 e. The molecule has 0 spiro atoms. The smallest absolute Gasteiger partial charge is 0.254 e. The first kappa shape index (κ1) is 19.2. The Morgan fingerprint density at radius 2 is 1.79 bits per heavy atom. The van der Waals surface area contributed by atoms with Gasteiger partial charge in [0.05, 0.1) is 0 Å². The summed E-state index contributed by atoms with van der Waals surface area (Å²) in [5.74, 6) is 0.00153. The Labute approximate surface area is 162 Å². The molecular weight excluding hydrogens is 354 g/mol. The lowest BCUT2D eigenvalue weighted by Gasteiger charge is -2.14. The molecule has 0 atom stereocenters. The van der Waals surface area contributed by atoms with E-state index in [1.165, 1.54) is 17.6 Å². The zero-order valence-electron chi connectivity index (χ0n) is 15.8. The highest BCUT2D eigenvalue weighted by atomic mass is 16.2. The third-order valence-corrected chi connectivity index (χ3v) is 4.31. The highest BCUT2D eigenvalue weighted by molar-refractivity contribution is 5.97. The summed E-state index contributed by atoms with van der Waals surface area (Å²) in [6, 6.07) is 17.5. The second-order valence-electron chi connectivity index (χ2n) is 6.40. The van der Waals surface area contributed by atoms with E-state index in [9.17, 15) is 14.4 Å². The maximum atomic E-state index is 12.6. The minimum Gasteiger partial charge on any atom is -0.325 e. The fourth-order valence-electron chi connectivity index (χ4n) is 2.86. The molecule has 6 heteroatoms. The molecule has 2 aromatic carbocycles. The lowest BCUT2D eigenvalue weighted by Crippen LogP contribution is -2.30. The minimum absolute atomic E-state index is 0.0852. The van der Waals surface area contributed by atoms with Crippen molar-refractivity contribution >= 4 is 17.4 Å². The number of aromatic nitrogens is 2. The molecule has 6 nitrogen and oxygen atoms in total. The summed E-state index contributed by atoms with van der Waals surface area (Å²) in [6.45, 7) is 3.22. The molecule has 0 radical (unpaired) electrons. The van der Waals surface area contributed by atoms with Crippen molar-refractivity contribution in [2.45, 2.75) is 26.8 Å². The minimum atomic E-state index is -0.369. The molecule has 1 N–H and O–H groups in total. The first-order valence-electron chi connectivity index (χ1n) is 9.05. The van der Waals surface area contributed by atoms with Gasteiger partial charge in [0.25, 0.3) is 5.56 Å². The van der Waals surface area contributed by atoms with Crippen molar-refractivity contribution in [3.8, 4) is 11.4 Å². The predicted molar refractivity (Wildman–Crippen MR) is 108 cm³/mol. The van der Waals surface area contributed by atoms with E-state index < -0.39 is 0 Å². The number of hydrogen-bond acceptors (Lipinski definition) is 4. The van der Waals surface area contributed by atoms with Crippen LogP contribution in [-0.4, -0.2) is 21.2 Å². The van der Waals surface area contributed by atoms with Crippen LogP contribution in [0.1, 0.15) is 29.9 Å². The van der Waals surface area contributed by atoms with E-state index in [1.54, 1.807) is 24.3 Å². The molecule has 0 aliphatic rings. The van der Waals surface area contributed by atoms with E-state index in [4.69, 9.17) is 0 Å². The highest BCUT2D eigenvalue weighted by Crippen LogP contribution is 2.16. The average molecular weight is 375 g/mol. The number of ketones is 1.